The maximum Gasteiger partial charge on any atom is 0.286 e. The van der Waals surface area contributed by atoms with Crippen molar-refractivity contribution in [2.45, 2.75) is 6.42 Å². The number of methoxy groups -OCH3 is 1. The molecule has 0 unspecified atom stereocenters. The van der Waals surface area contributed by atoms with Crippen LogP contribution in [0.3, 0.4) is 0 Å². The molecule has 0 aliphatic rings. The van der Waals surface area contributed by atoms with Crippen molar-refractivity contribution in [3.8, 4) is 0 Å². The topological polar surface area (TPSA) is 82.8 Å². The Labute approximate surface area is 166 Å². The van der Waals surface area contributed by atoms with Crippen molar-refractivity contribution in [1.82, 2.24) is 20.3 Å². The predicted molar refractivity (Wildman–Crippen MR) is 108 cm³/mol. The number of halogens is 2. The summed E-state index contributed by atoms with van der Waals surface area (Å²) in [4.78, 5) is 22.4. The van der Waals surface area contributed by atoms with Crippen LogP contribution in [0.1, 0.15) is 11.4 Å². The number of hydrogen-bond acceptors (Lipinski definition) is 3. The van der Waals surface area contributed by atoms with Crippen molar-refractivity contribution in [2.75, 3.05) is 13.7 Å². The summed E-state index contributed by atoms with van der Waals surface area (Å²) in [5.41, 5.74) is 2.63. The number of H-pyrrole nitrogens is 2. The molecule has 0 aliphatic carbocycles. The number of hydrogen-bond donors (Lipinski definition) is 3. The summed E-state index contributed by atoms with van der Waals surface area (Å²) in [6, 6.07) is 5.52. The minimum Gasteiger partial charge on any atom is -0.491 e. The first-order chi connectivity index (χ1) is 13.1. The minimum absolute atomic E-state index is 0.218. The first kappa shape index (κ1) is 19.1. The van der Waals surface area contributed by atoms with Crippen LogP contribution in [0, 0.1) is 0 Å². The van der Waals surface area contributed by atoms with Crippen molar-refractivity contribution < 1.29 is 9.53 Å². The molecular weight excluding hydrogens is 387 g/mol. The second-order valence-electron chi connectivity index (χ2n) is 5.74. The Bertz CT molecular complexity index is 952. The van der Waals surface area contributed by atoms with Gasteiger partial charge in [0.2, 0.25) is 0 Å². The highest BCUT2D eigenvalue weighted by Crippen LogP contribution is 2.28. The molecule has 8 heteroatoms. The van der Waals surface area contributed by atoms with Crippen LogP contribution >= 0.6 is 23.2 Å². The Balaban J connectivity index is 1.62. The second kappa shape index (κ2) is 8.79. The van der Waals surface area contributed by atoms with Crippen LogP contribution in [0.15, 0.2) is 48.6 Å². The number of benzene rings is 1. The van der Waals surface area contributed by atoms with Crippen molar-refractivity contribution in [3.05, 3.63) is 70.1 Å². The van der Waals surface area contributed by atoms with E-state index in [-0.39, 0.29) is 11.7 Å². The van der Waals surface area contributed by atoms with Gasteiger partial charge in [0, 0.05) is 35.8 Å². The predicted octanol–water partition coefficient (Wildman–Crippen LogP) is 4.10. The molecule has 3 N–H and O–H groups in total. The van der Waals surface area contributed by atoms with Crippen LogP contribution in [0.2, 0.25) is 10.0 Å². The lowest BCUT2D eigenvalue weighted by atomic mass is 10.2. The molecule has 140 valence electrons. The van der Waals surface area contributed by atoms with Crippen molar-refractivity contribution in [3.63, 3.8) is 0 Å². The standard InChI is InChI=1S/C19H18Cl2N4O2/c1-27-18(19(26)23-6-5-14-10-22-11-24-14)4-2-3-13-7-12-8-15(20)16(21)9-17(12)25-13/h2-4,7-11,25H,5-6H2,1H3,(H,22,24)(H,23,26)/b3-2+,18-4+. The van der Waals surface area contributed by atoms with Crippen LogP contribution < -0.4 is 5.32 Å². The summed E-state index contributed by atoms with van der Waals surface area (Å²) in [5, 5.41) is 4.75. The third-order valence-corrected chi connectivity index (χ3v) is 4.59. The zero-order valence-electron chi connectivity index (χ0n) is 14.6. The van der Waals surface area contributed by atoms with E-state index in [0.717, 1.165) is 22.3 Å². The molecule has 1 aromatic carbocycles. The molecule has 0 fully saturated rings. The van der Waals surface area contributed by atoms with Gasteiger partial charge in [-0.05, 0) is 30.4 Å². The molecule has 2 aromatic heterocycles. The lowest BCUT2D eigenvalue weighted by Gasteiger charge is -2.06. The SMILES string of the molecule is CO/C(=C/C=C/c1cc2cc(Cl)c(Cl)cc2[nH]1)C(=O)NCCc1c[nH]cn1. The molecule has 2 heterocycles. The van der Waals surface area contributed by atoms with Gasteiger partial charge in [0.25, 0.3) is 5.91 Å². The van der Waals surface area contributed by atoms with E-state index in [1.165, 1.54) is 7.11 Å². The number of aromatic amines is 2. The van der Waals surface area contributed by atoms with Gasteiger partial charge in [-0.15, -0.1) is 0 Å². The van der Waals surface area contributed by atoms with Gasteiger partial charge in [0.15, 0.2) is 5.76 Å². The molecule has 0 atom stereocenters. The highest BCUT2D eigenvalue weighted by atomic mass is 35.5. The van der Waals surface area contributed by atoms with E-state index < -0.39 is 0 Å². The van der Waals surface area contributed by atoms with Crippen LogP contribution in [0.5, 0.6) is 0 Å². The summed E-state index contributed by atoms with van der Waals surface area (Å²) in [7, 11) is 1.46. The summed E-state index contributed by atoms with van der Waals surface area (Å²) < 4.78 is 5.16. The fraction of sp³-hybridized carbons (Fsp3) is 0.158. The van der Waals surface area contributed by atoms with E-state index in [1.807, 2.05) is 12.1 Å². The van der Waals surface area contributed by atoms with E-state index in [4.69, 9.17) is 27.9 Å². The number of rotatable bonds is 7. The number of aromatic nitrogens is 3. The second-order valence-corrected chi connectivity index (χ2v) is 6.55. The molecule has 0 spiro atoms. The number of nitrogens with zero attached hydrogens (tertiary/aromatic N) is 1. The molecule has 0 aliphatic heterocycles. The summed E-state index contributed by atoms with van der Waals surface area (Å²) in [6.45, 7) is 0.470. The van der Waals surface area contributed by atoms with Crippen LogP contribution in [-0.2, 0) is 16.0 Å². The number of imidazole rings is 1. The first-order valence-corrected chi connectivity index (χ1v) is 8.98. The highest BCUT2D eigenvalue weighted by Gasteiger charge is 2.08. The van der Waals surface area contributed by atoms with Gasteiger partial charge in [0.1, 0.15) is 0 Å². The smallest absolute Gasteiger partial charge is 0.286 e. The van der Waals surface area contributed by atoms with E-state index >= 15 is 0 Å². The fourth-order valence-corrected chi connectivity index (χ4v) is 2.87. The number of nitrogens with one attached hydrogen (secondary N) is 3. The largest absolute Gasteiger partial charge is 0.491 e. The summed E-state index contributed by atoms with van der Waals surface area (Å²) in [5.74, 6) is -0.0663. The third-order valence-electron chi connectivity index (χ3n) is 3.87. The number of amides is 1. The molecule has 3 rings (SSSR count). The molecular formula is C19H18Cl2N4O2. The van der Waals surface area contributed by atoms with Crippen LogP contribution in [0.25, 0.3) is 17.0 Å². The quantitative estimate of drug-likeness (QED) is 0.315. The zero-order chi connectivity index (χ0) is 19.2. The lowest BCUT2D eigenvalue weighted by Crippen LogP contribution is -2.27. The monoisotopic (exact) mass is 404 g/mol. The fourth-order valence-electron chi connectivity index (χ4n) is 2.53. The normalized spacial score (nSPS) is 12.0. The Kier molecular flexibility index (Phi) is 6.21. The van der Waals surface area contributed by atoms with Gasteiger partial charge in [-0.3, -0.25) is 4.79 Å². The number of ether oxygens (including phenoxy) is 1. The Morgan fingerprint density at radius 3 is 2.85 bits per heavy atom. The van der Waals surface area contributed by atoms with Gasteiger partial charge >= 0.3 is 0 Å². The number of fused-ring (bicyclic) bond motifs is 1. The lowest BCUT2D eigenvalue weighted by molar-refractivity contribution is -0.120. The molecule has 0 saturated carbocycles. The van der Waals surface area contributed by atoms with E-state index in [1.54, 1.807) is 36.8 Å². The average molecular weight is 405 g/mol. The maximum atomic E-state index is 12.2. The highest BCUT2D eigenvalue weighted by molar-refractivity contribution is 6.42. The van der Waals surface area contributed by atoms with Crippen LogP contribution in [0.4, 0.5) is 0 Å². The Hall–Kier alpha value is -2.70. The van der Waals surface area contributed by atoms with E-state index in [9.17, 15) is 4.79 Å². The molecule has 3 aromatic rings. The summed E-state index contributed by atoms with van der Waals surface area (Å²) >= 11 is 12.1. The van der Waals surface area contributed by atoms with Gasteiger partial charge in [-0.1, -0.05) is 29.3 Å². The first-order valence-electron chi connectivity index (χ1n) is 8.23. The van der Waals surface area contributed by atoms with Gasteiger partial charge in [0.05, 0.1) is 29.2 Å². The van der Waals surface area contributed by atoms with Gasteiger partial charge < -0.3 is 20.0 Å². The molecule has 0 bridgehead atoms. The van der Waals surface area contributed by atoms with Gasteiger partial charge in [-0.25, -0.2) is 4.98 Å². The number of carbonyl (C=O) groups is 1. The maximum absolute atomic E-state index is 12.2. The molecule has 0 saturated heterocycles. The molecule has 6 nitrogen and oxygen atoms in total. The average Bonchev–Trinajstić information content (AvgIpc) is 3.28. The van der Waals surface area contributed by atoms with Crippen molar-refractivity contribution >= 4 is 46.1 Å². The number of carbonyl (C=O) groups excluding carboxylic acids is 1. The zero-order valence-corrected chi connectivity index (χ0v) is 16.1. The number of allylic oxidation sites excluding steroid dienone is 2. The van der Waals surface area contributed by atoms with Crippen molar-refractivity contribution in [1.29, 1.82) is 0 Å². The van der Waals surface area contributed by atoms with Gasteiger partial charge in [-0.2, -0.15) is 0 Å². The molecule has 1 amide bonds. The minimum atomic E-state index is -0.284. The van der Waals surface area contributed by atoms with E-state index in [2.05, 4.69) is 20.3 Å². The Morgan fingerprint density at radius 2 is 2.11 bits per heavy atom. The molecule has 27 heavy (non-hydrogen) atoms. The third kappa shape index (κ3) is 4.93. The molecule has 0 radical (unpaired) electrons. The Morgan fingerprint density at radius 1 is 1.30 bits per heavy atom. The van der Waals surface area contributed by atoms with E-state index in [0.29, 0.717) is 23.0 Å². The van der Waals surface area contributed by atoms with Crippen LogP contribution in [-0.4, -0.2) is 34.5 Å². The summed E-state index contributed by atoms with van der Waals surface area (Å²) in [6.07, 6.45) is 9.21. The van der Waals surface area contributed by atoms with Crippen molar-refractivity contribution in [2.24, 2.45) is 0 Å².